The van der Waals surface area contributed by atoms with Crippen LogP contribution in [0.15, 0.2) is 18.2 Å². The minimum Gasteiger partial charge on any atom is -0.508 e. The Labute approximate surface area is 114 Å². The van der Waals surface area contributed by atoms with Crippen LogP contribution in [0.25, 0.3) is 0 Å². The van der Waals surface area contributed by atoms with Gasteiger partial charge in [0, 0.05) is 24.4 Å². The summed E-state index contributed by atoms with van der Waals surface area (Å²) >= 11 is 0. The fourth-order valence-electron chi connectivity index (χ4n) is 1.53. The molecule has 1 atom stereocenters. The summed E-state index contributed by atoms with van der Waals surface area (Å²) in [7, 11) is -3.17. The van der Waals surface area contributed by atoms with Gasteiger partial charge in [0.25, 0.3) is 0 Å². The lowest BCUT2D eigenvalue weighted by Gasteiger charge is -2.25. The molecule has 0 aliphatic rings. The van der Waals surface area contributed by atoms with Crippen LogP contribution in [-0.2, 0) is 9.84 Å². The van der Waals surface area contributed by atoms with Crippen LogP contribution in [0, 0.1) is 0 Å². The Morgan fingerprint density at radius 2 is 1.89 bits per heavy atom. The Morgan fingerprint density at radius 1 is 1.32 bits per heavy atom. The zero-order valence-electron chi connectivity index (χ0n) is 11.6. The molecule has 0 radical (unpaired) electrons. The van der Waals surface area contributed by atoms with Crippen molar-refractivity contribution in [2.24, 2.45) is 0 Å². The van der Waals surface area contributed by atoms with Crippen molar-refractivity contribution in [1.82, 2.24) is 5.32 Å². The van der Waals surface area contributed by atoms with E-state index in [0.717, 1.165) is 0 Å². The minimum atomic E-state index is -3.17. The molecule has 6 heteroatoms. The Bertz CT molecular complexity index is 552. The molecule has 1 aromatic carbocycles. The molecule has 0 aromatic heterocycles. The molecule has 0 aliphatic heterocycles. The summed E-state index contributed by atoms with van der Waals surface area (Å²) in [5.41, 5.74) is 0.532. The quantitative estimate of drug-likeness (QED) is 0.716. The maximum absolute atomic E-state index is 11.6. The average molecular weight is 287 g/mol. The summed E-state index contributed by atoms with van der Waals surface area (Å²) in [4.78, 5) is 0. The fraction of sp³-hybridized carbons (Fsp3) is 0.538. The number of nitrogens with one attached hydrogen (secondary N) is 1. The van der Waals surface area contributed by atoms with Crippen molar-refractivity contribution < 1.29 is 18.6 Å². The van der Waals surface area contributed by atoms with Gasteiger partial charge in [-0.05, 0) is 39.0 Å². The van der Waals surface area contributed by atoms with E-state index in [1.165, 1.54) is 24.5 Å². The second kappa shape index (κ2) is 5.38. The second-order valence-electron chi connectivity index (χ2n) is 5.38. The molecule has 0 saturated carbocycles. The molecular formula is C13H21NO4S. The van der Waals surface area contributed by atoms with E-state index in [1.54, 1.807) is 20.8 Å². The summed E-state index contributed by atoms with van der Waals surface area (Å²) in [6.45, 7) is 5.34. The van der Waals surface area contributed by atoms with E-state index in [9.17, 15) is 18.6 Å². The number of hydrogen-bond acceptors (Lipinski definition) is 5. The molecule has 5 nitrogen and oxygen atoms in total. The normalized spacial score (nSPS) is 14.3. The molecule has 1 unspecified atom stereocenters. The van der Waals surface area contributed by atoms with E-state index in [4.69, 9.17) is 0 Å². The van der Waals surface area contributed by atoms with Crippen LogP contribution >= 0.6 is 0 Å². The average Bonchev–Trinajstić information content (AvgIpc) is 2.28. The Kier molecular flexibility index (Phi) is 4.47. The number of benzene rings is 1. The molecule has 108 valence electrons. The van der Waals surface area contributed by atoms with E-state index < -0.39 is 14.6 Å². The molecule has 0 aliphatic carbocycles. The number of sulfone groups is 1. The first-order valence-corrected chi connectivity index (χ1v) is 7.88. The number of phenols is 2. The smallest absolute Gasteiger partial charge is 0.153 e. The molecule has 0 fully saturated rings. The zero-order valence-corrected chi connectivity index (χ0v) is 12.5. The van der Waals surface area contributed by atoms with E-state index in [-0.39, 0.29) is 24.1 Å². The van der Waals surface area contributed by atoms with Gasteiger partial charge in [-0.2, -0.15) is 0 Å². The maximum atomic E-state index is 11.6. The summed E-state index contributed by atoms with van der Waals surface area (Å²) in [6, 6.07) is 3.99. The van der Waals surface area contributed by atoms with Crippen molar-refractivity contribution in [3.05, 3.63) is 23.8 Å². The predicted octanol–water partition coefficient (Wildman–Crippen LogP) is 1.57. The summed E-state index contributed by atoms with van der Waals surface area (Å²) < 4.78 is 22.3. The molecule has 1 aromatic rings. The van der Waals surface area contributed by atoms with Crippen LogP contribution in [0.4, 0.5) is 0 Å². The first-order valence-electron chi connectivity index (χ1n) is 5.99. The fourth-order valence-corrected chi connectivity index (χ4v) is 1.87. The Balaban J connectivity index is 2.81. The lowest BCUT2D eigenvalue weighted by molar-refractivity contribution is 0.434. The topological polar surface area (TPSA) is 86.6 Å². The second-order valence-corrected chi connectivity index (χ2v) is 8.03. The van der Waals surface area contributed by atoms with Crippen LogP contribution < -0.4 is 5.32 Å². The minimum absolute atomic E-state index is 0.0591. The molecular weight excluding hydrogens is 266 g/mol. The Morgan fingerprint density at radius 3 is 2.42 bits per heavy atom. The predicted molar refractivity (Wildman–Crippen MR) is 75.1 cm³/mol. The van der Waals surface area contributed by atoms with Gasteiger partial charge >= 0.3 is 0 Å². The molecule has 0 amide bonds. The van der Waals surface area contributed by atoms with Gasteiger partial charge in [0.05, 0.1) is 4.75 Å². The monoisotopic (exact) mass is 287 g/mol. The number of phenolic OH excluding ortho intramolecular Hbond substituents is 2. The molecule has 0 heterocycles. The lowest BCUT2D eigenvalue weighted by Crippen LogP contribution is -2.42. The van der Waals surface area contributed by atoms with Gasteiger partial charge < -0.3 is 15.5 Å². The maximum Gasteiger partial charge on any atom is 0.153 e. The molecule has 0 bridgehead atoms. The largest absolute Gasteiger partial charge is 0.508 e. The van der Waals surface area contributed by atoms with Crippen molar-refractivity contribution in [1.29, 1.82) is 0 Å². The van der Waals surface area contributed by atoms with Crippen LogP contribution in [0.5, 0.6) is 11.5 Å². The summed E-state index contributed by atoms with van der Waals surface area (Å²) in [6.07, 6.45) is 1.20. The van der Waals surface area contributed by atoms with Gasteiger partial charge in [0.15, 0.2) is 9.84 Å². The zero-order chi connectivity index (χ0) is 14.8. The van der Waals surface area contributed by atoms with Gasteiger partial charge in [-0.15, -0.1) is 0 Å². The number of hydrogen-bond donors (Lipinski definition) is 3. The molecule has 1 rings (SSSR count). The Hall–Kier alpha value is -1.27. The van der Waals surface area contributed by atoms with Crippen LogP contribution in [-0.4, -0.2) is 36.2 Å². The third-order valence-electron chi connectivity index (χ3n) is 3.32. The van der Waals surface area contributed by atoms with Crippen molar-refractivity contribution in [2.45, 2.75) is 31.6 Å². The van der Waals surface area contributed by atoms with Gasteiger partial charge in [-0.25, -0.2) is 8.42 Å². The SMILES string of the molecule is CC(NCC(C)(C)S(C)(=O)=O)c1cc(O)ccc1O. The standard InChI is InChI=1S/C13H21NO4S/c1-9(11-7-10(15)5-6-12(11)16)14-8-13(2,3)19(4,17)18/h5-7,9,14-16H,8H2,1-4H3. The third kappa shape index (κ3) is 3.84. The van der Waals surface area contributed by atoms with Gasteiger partial charge in [0.2, 0.25) is 0 Å². The third-order valence-corrected chi connectivity index (χ3v) is 5.47. The number of aromatic hydroxyl groups is 2. The number of rotatable bonds is 5. The first-order chi connectivity index (χ1) is 8.54. The highest BCUT2D eigenvalue weighted by atomic mass is 32.2. The van der Waals surface area contributed by atoms with E-state index in [0.29, 0.717) is 5.56 Å². The van der Waals surface area contributed by atoms with E-state index in [1.807, 2.05) is 0 Å². The van der Waals surface area contributed by atoms with Gasteiger partial charge in [-0.3, -0.25) is 0 Å². The van der Waals surface area contributed by atoms with Crippen molar-refractivity contribution in [3.63, 3.8) is 0 Å². The van der Waals surface area contributed by atoms with E-state index in [2.05, 4.69) is 5.32 Å². The highest BCUT2D eigenvalue weighted by molar-refractivity contribution is 7.92. The van der Waals surface area contributed by atoms with E-state index >= 15 is 0 Å². The lowest BCUT2D eigenvalue weighted by atomic mass is 10.1. The van der Waals surface area contributed by atoms with Gasteiger partial charge in [0.1, 0.15) is 11.5 Å². The highest BCUT2D eigenvalue weighted by Crippen LogP contribution is 2.28. The van der Waals surface area contributed by atoms with Crippen LogP contribution in [0.2, 0.25) is 0 Å². The molecule has 3 N–H and O–H groups in total. The summed E-state index contributed by atoms with van der Waals surface area (Å²) in [5.74, 6) is 0.124. The molecule has 0 spiro atoms. The van der Waals surface area contributed by atoms with Crippen molar-refractivity contribution in [3.8, 4) is 11.5 Å². The van der Waals surface area contributed by atoms with Crippen LogP contribution in [0.3, 0.4) is 0 Å². The highest BCUT2D eigenvalue weighted by Gasteiger charge is 2.30. The molecule has 19 heavy (non-hydrogen) atoms. The van der Waals surface area contributed by atoms with Gasteiger partial charge in [-0.1, -0.05) is 0 Å². The van der Waals surface area contributed by atoms with Crippen molar-refractivity contribution >= 4 is 9.84 Å². The molecule has 0 saturated heterocycles. The first kappa shape index (κ1) is 15.8. The summed E-state index contributed by atoms with van der Waals surface area (Å²) in [5, 5.41) is 22.2. The van der Waals surface area contributed by atoms with Crippen molar-refractivity contribution in [2.75, 3.05) is 12.8 Å². The van der Waals surface area contributed by atoms with Crippen LogP contribution in [0.1, 0.15) is 32.4 Å².